The number of aromatic nitrogens is 1. The highest BCUT2D eigenvalue weighted by molar-refractivity contribution is 7.89. The Morgan fingerprint density at radius 2 is 1.81 bits per heavy atom. The zero-order chi connectivity index (χ0) is 18.7. The predicted molar refractivity (Wildman–Crippen MR) is 95.7 cm³/mol. The molecule has 8 heteroatoms. The number of benzene rings is 1. The summed E-state index contributed by atoms with van der Waals surface area (Å²) >= 11 is 0. The smallest absolute Gasteiger partial charge is 0.256 e. The molecule has 138 valence electrons. The molecule has 1 N–H and O–H groups in total. The number of sulfonamides is 1. The van der Waals surface area contributed by atoms with Crippen LogP contribution in [0.1, 0.15) is 30.1 Å². The summed E-state index contributed by atoms with van der Waals surface area (Å²) in [5.74, 6) is -0.187. The first-order chi connectivity index (χ1) is 12.4. The van der Waals surface area contributed by atoms with Crippen molar-refractivity contribution in [3.63, 3.8) is 0 Å². The highest BCUT2D eigenvalue weighted by atomic mass is 32.2. The molecular weight excluding hydrogens is 357 g/mol. The molecule has 1 aliphatic heterocycles. The third-order valence-electron chi connectivity index (χ3n) is 4.47. The van der Waals surface area contributed by atoms with Gasteiger partial charge in [0.25, 0.3) is 5.91 Å². The van der Waals surface area contributed by atoms with Crippen molar-refractivity contribution in [1.82, 2.24) is 9.29 Å². The third-order valence-corrected chi connectivity index (χ3v) is 6.38. The van der Waals surface area contributed by atoms with E-state index in [1.807, 2.05) is 0 Å². The number of hydrogen-bond donors (Lipinski definition) is 1. The number of carbonyl (C=O) groups is 1. The van der Waals surface area contributed by atoms with Crippen LogP contribution >= 0.6 is 0 Å². The second-order valence-electron chi connectivity index (χ2n) is 6.43. The second-order valence-corrected chi connectivity index (χ2v) is 8.36. The third kappa shape index (κ3) is 4.08. The standard InChI is InChI=1S/C18H20FN3O3S/c1-13-8-10-22(11-9-13)26(24,25)16-5-2-14(3-6-16)18(23)21-17-7-4-15(19)12-20-17/h2-7,12-13H,8-11H2,1H3,(H,20,21,23). The van der Waals surface area contributed by atoms with Gasteiger partial charge in [0.05, 0.1) is 11.1 Å². The van der Waals surface area contributed by atoms with Crippen molar-refractivity contribution in [3.8, 4) is 0 Å². The maximum absolute atomic E-state index is 12.8. The van der Waals surface area contributed by atoms with Crippen LogP contribution in [0.3, 0.4) is 0 Å². The van der Waals surface area contributed by atoms with Crippen LogP contribution in [0.15, 0.2) is 47.5 Å². The quantitative estimate of drug-likeness (QED) is 0.889. The SMILES string of the molecule is CC1CCN(S(=O)(=O)c2ccc(C(=O)Nc3ccc(F)cn3)cc2)CC1. The number of hydrogen-bond acceptors (Lipinski definition) is 4. The Morgan fingerprint density at radius 1 is 1.15 bits per heavy atom. The van der Waals surface area contributed by atoms with E-state index < -0.39 is 21.7 Å². The molecule has 0 unspecified atom stereocenters. The monoisotopic (exact) mass is 377 g/mol. The topological polar surface area (TPSA) is 79.4 Å². The Labute approximate surface area is 152 Å². The number of piperidine rings is 1. The van der Waals surface area contributed by atoms with E-state index in [1.54, 1.807) is 0 Å². The molecule has 0 atom stereocenters. The maximum Gasteiger partial charge on any atom is 0.256 e. The highest BCUT2D eigenvalue weighted by Gasteiger charge is 2.28. The molecule has 1 fully saturated rings. The number of amides is 1. The van der Waals surface area contributed by atoms with Gasteiger partial charge in [0, 0.05) is 18.7 Å². The molecule has 1 aromatic heterocycles. The van der Waals surface area contributed by atoms with Crippen LogP contribution in [-0.4, -0.2) is 36.7 Å². The molecule has 1 amide bonds. The van der Waals surface area contributed by atoms with Crippen molar-refractivity contribution in [3.05, 3.63) is 54.0 Å². The molecule has 1 saturated heterocycles. The molecule has 3 rings (SSSR count). The lowest BCUT2D eigenvalue weighted by Crippen LogP contribution is -2.37. The van der Waals surface area contributed by atoms with Crippen LogP contribution in [-0.2, 0) is 10.0 Å². The molecule has 1 aliphatic rings. The Balaban J connectivity index is 1.71. The van der Waals surface area contributed by atoms with Crippen molar-refractivity contribution in [2.24, 2.45) is 5.92 Å². The summed E-state index contributed by atoms with van der Waals surface area (Å²) in [6.45, 7) is 3.15. The van der Waals surface area contributed by atoms with Crippen LogP contribution in [0.25, 0.3) is 0 Å². The number of nitrogens with zero attached hydrogens (tertiary/aromatic N) is 2. The zero-order valence-corrected chi connectivity index (χ0v) is 15.2. The Kier molecular flexibility index (Phi) is 5.33. The van der Waals surface area contributed by atoms with Crippen LogP contribution in [0.5, 0.6) is 0 Å². The van der Waals surface area contributed by atoms with Gasteiger partial charge in [-0.05, 0) is 55.2 Å². The number of nitrogens with one attached hydrogen (secondary N) is 1. The van der Waals surface area contributed by atoms with Crippen molar-refractivity contribution < 1.29 is 17.6 Å². The maximum atomic E-state index is 12.8. The molecular formula is C18H20FN3O3S. The molecule has 0 saturated carbocycles. The van der Waals surface area contributed by atoms with Crippen LogP contribution < -0.4 is 5.32 Å². The predicted octanol–water partition coefficient (Wildman–Crippen LogP) is 2.89. The van der Waals surface area contributed by atoms with E-state index in [0.29, 0.717) is 24.6 Å². The summed E-state index contributed by atoms with van der Waals surface area (Å²) in [5, 5.41) is 2.54. The van der Waals surface area contributed by atoms with E-state index in [9.17, 15) is 17.6 Å². The number of carbonyl (C=O) groups excluding carboxylic acids is 1. The lowest BCUT2D eigenvalue weighted by molar-refractivity contribution is 0.102. The van der Waals surface area contributed by atoms with Crippen molar-refractivity contribution in [2.45, 2.75) is 24.7 Å². The Hall–Kier alpha value is -2.32. The van der Waals surface area contributed by atoms with Crippen molar-refractivity contribution >= 4 is 21.7 Å². The van der Waals surface area contributed by atoms with Gasteiger partial charge in [-0.25, -0.2) is 17.8 Å². The summed E-state index contributed by atoms with van der Waals surface area (Å²) in [4.78, 5) is 16.1. The number of halogens is 1. The van der Waals surface area contributed by atoms with Gasteiger partial charge in [-0.2, -0.15) is 4.31 Å². The summed E-state index contributed by atoms with van der Waals surface area (Å²) in [7, 11) is -3.54. The summed E-state index contributed by atoms with van der Waals surface area (Å²) in [6, 6.07) is 8.32. The van der Waals surface area contributed by atoms with Gasteiger partial charge in [0.15, 0.2) is 0 Å². The fraction of sp³-hybridized carbons (Fsp3) is 0.333. The minimum Gasteiger partial charge on any atom is -0.307 e. The van der Waals surface area contributed by atoms with E-state index in [2.05, 4.69) is 17.2 Å². The Bertz CT molecular complexity index is 875. The second kappa shape index (κ2) is 7.51. The van der Waals surface area contributed by atoms with Gasteiger partial charge < -0.3 is 5.32 Å². The van der Waals surface area contributed by atoms with Crippen molar-refractivity contribution in [2.75, 3.05) is 18.4 Å². The minimum atomic E-state index is -3.54. The fourth-order valence-electron chi connectivity index (χ4n) is 2.79. The van der Waals surface area contributed by atoms with Crippen LogP contribution in [0.2, 0.25) is 0 Å². The number of rotatable bonds is 4. The van der Waals surface area contributed by atoms with Gasteiger partial charge in [0.2, 0.25) is 10.0 Å². The molecule has 2 heterocycles. The van der Waals surface area contributed by atoms with Crippen molar-refractivity contribution in [1.29, 1.82) is 0 Å². The molecule has 0 bridgehead atoms. The zero-order valence-electron chi connectivity index (χ0n) is 14.4. The fourth-order valence-corrected chi connectivity index (χ4v) is 4.26. The van der Waals surface area contributed by atoms with Gasteiger partial charge in [-0.15, -0.1) is 0 Å². The molecule has 26 heavy (non-hydrogen) atoms. The first kappa shape index (κ1) is 18.5. The highest BCUT2D eigenvalue weighted by Crippen LogP contribution is 2.23. The molecule has 1 aromatic carbocycles. The summed E-state index contributed by atoms with van der Waals surface area (Å²) in [5.41, 5.74) is 0.294. The molecule has 0 aliphatic carbocycles. The number of anilines is 1. The lowest BCUT2D eigenvalue weighted by atomic mass is 10.0. The molecule has 6 nitrogen and oxygen atoms in total. The van der Waals surface area contributed by atoms with E-state index in [4.69, 9.17) is 0 Å². The Morgan fingerprint density at radius 3 is 2.38 bits per heavy atom. The van der Waals surface area contributed by atoms with Gasteiger partial charge in [0.1, 0.15) is 11.6 Å². The largest absolute Gasteiger partial charge is 0.307 e. The molecule has 0 spiro atoms. The first-order valence-electron chi connectivity index (χ1n) is 8.39. The van der Waals surface area contributed by atoms with E-state index in [0.717, 1.165) is 19.0 Å². The minimum absolute atomic E-state index is 0.170. The molecule has 0 radical (unpaired) electrons. The molecule has 2 aromatic rings. The lowest BCUT2D eigenvalue weighted by Gasteiger charge is -2.29. The van der Waals surface area contributed by atoms with E-state index in [1.165, 1.54) is 40.7 Å². The number of pyridine rings is 1. The van der Waals surface area contributed by atoms with Gasteiger partial charge >= 0.3 is 0 Å². The van der Waals surface area contributed by atoms with Gasteiger partial charge in [-0.3, -0.25) is 4.79 Å². The van der Waals surface area contributed by atoms with Crippen LogP contribution in [0.4, 0.5) is 10.2 Å². The van der Waals surface area contributed by atoms with E-state index in [-0.39, 0.29) is 10.7 Å². The average molecular weight is 377 g/mol. The first-order valence-corrected chi connectivity index (χ1v) is 9.83. The summed E-state index contributed by atoms with van der Waals surface area (Å²) < 4.78 is 39.7. The summed E-state index contributed by atoms with van der Waals surface area (Å²) in [6.07, 6.45) is 2.71. The van der Waals surface area contributed by atoms with Crippen LogP contribution in [0, 0.1) is 11.7 Å². The van der Waals surface area contributed by atoms with Gasteiger partial charge in [-0.1, -0.05) is 6.92 Å². The normalized spacial score (nSPS) is 16.4. The average Bonchev–Trinajstić information content (AvgIpc) is 2.64. The van der Waals surface area contributed by atoms with E-state index >= 15 is 0 Å².